The third kappa shape index (κ3) is 3.32. The molecule has 0 N–H and O–H groups in total. The predicted octanol–water partition coefficient (Wildman–Crippen LogP) is 2.21. The highest BCUT2D eigenvalue weighted by Gasteiger charge is 2.35. The van der Waals surface area contributed by atoms with Gasteiger partial charge in [0.25, 0.3) is 0 Å². The molecule has 3 nitrogen and oxygen atoms in total. The van der Waals surface area contributed by atoms with E-state index in [9.17, 15) is 0 Å². The van der Waals surface area contributed by atoms with E-state index < -0.39 is 0 Å². The van der Waals surface area contributed by atoms with Gasteiger partial charge in [-0.2, -0.15) is 0 Å². The van der Waals surface area contributed by atoms with E-state index in [1.165, 1.54) is 7.69 Å². The van der Waals surface area contributed by atoms with Crippen LogP contribution in [-0.2, 0) is 9.31 Å². The summed E-state index contributed by atoms with van der Waals surface area (Å²) in [6.45, 7) is 8.04. The van der Waals surface area contributed by atoms with Crippen LogP contribution in [0.5, 0.6) is 0 Å². The molecule has 0 aromatic carbocycles. The molecule has 0 atom stereocenters. The van der Waals surface area contributed by atoms with E-state index in [0.29, 0.717) is 0 Å². The van der Waals surface area contributed by atoms with Crippen molar-refractivity contribution in [1.82, 2.24) is 4.98 Å². The van der Waals surface area contributed by atoms with E-state index in [1.807, 2.05) is 45.9 Å². The van der Waals surface area contributed by atoms with Crippen LogP contribution in [-0.4, -0.2) is 23.9 Å². The molecule has 2 heterocycles. The van der Waals surface area contributed by atoms with Gasteiger partial charge in [-0.1, -0.05) is 6.07 Å². The summed E-state index contributed by atoms with van der Waals surface area (Å²) in [5.74, 6) is 0. The molecule has 1 aliphatic heterocycles. The van der Waals surface area contributed by atoms with Crippen LogP contribution >= 0.6 is 0 Å². The Morgan fingerprint density at radius 1 is 0.867 bits per heavy atom. The SMILES string of the molecule is CC1(C)O[B-]OC1(C)C.c1ccncc1. The highest BCUT2D eigenvalue weighted by molar-refractivity contribution is 6.19. The van der Waals surface area contributed by atoms with Crippen molar-refractivity contribution in [2.24, 2.45) is 0 Å². The van der Waals surface area contributed by atoms with E-state index in [2.05, 4.69) is 4.98 Å². The Hall–Kier alpha value is -0.865. The molecule has 0 amide bonds. The Balaban J connectivity index is 0.000000162. The largest absolute Gasteiger partial charge is 0.620 e. The average molecular weight is 206 g/mol. The standard InChI is InChI=1S/C6H12BO2.C5H5N/c1-5(2)6(3,4)9-7-8-5;1-2-4-6-5-3-1/h1-4H3;1-5H/q-1;. The Bertz CT molecular complexity index is 247. The van der Waals surface area contributed by atoms with E-state index in [1.54, 1.807) is 12.4 Å². The number of rotatable bonds is 0. The van der Waals surface area contributed by atoms with E-state index >= 15 is 0 Å². The number of pyridine rings is 1. The van der Waals surface area contributed by atoms with Gasteiger partial charge in [0.15, 0.2) is 0 Å². The number of hydrogen-bond donors (Lipinski definition) is 0. The lowest BCUT2D eigenvalue weighted by Gasteiger charge is -2.38. The molecule has 0 bridgehead atoms. The molecule has 15 heavy (non-hydrogen) atoms. The molecule has 0 spiro atoms. The first kappa shape index (κ1) is 12.2. The number of nitrogens with zero attached hydrogens (tertiary/aromatic N) is 1. The van der Waals surface area contributed by atoms with Crippen LogP contribution < -0.4 is 0 Å². The molecular weight excluding hydrogens is 189 g/mol. The first-order valence-corrected chi connectivity index (χ1v) is 4.98. The minimum atomic E-state index is -0.188. The molecule has 82 valence electrons. The summed E-state index contributed by atoms with van der Waals surface area (Å²) in [6, 6.07) is 5.72. The Morgan fingerprint density at radius 2 is 1.33 bits per heavy atom. The highest BCUT2D eigenvalue weighted by atomic mass is 16.7. The van der Waals surface area contributed by atoms with Crippen LogP contribution in [0.15, 0.2) is 30.6 Å². The fourth-order valence-electron chi connectivity index (χ4n) is 0.861. The quantitative estimate of drug-likeness (QED) is 0.609. The van der Waals surface area contributed by atoms with Gasteiger partial charge in [0.1, 0.15) is 0 Å². The van der Waals surface area contributed by atoms with Gasteiger partial charge >= 0.3 is 0 Å². The maximum atomic E-state index is 5.21. The fourth-order valence-corrected chi connectivity index (χ4v) is 0.861. The van der Waals surface area contributed by atoms with Crippen molar-refractivity contribution in [3.05, 3.63) is 30.6 Å². The summed E-state index contributed by atoms with van der Waals surface area (Å²) in [4.78, 5) is 3.78. The van der Waals surface area contributed by atoms with Crippen LogP contribution in [0.4, 0.5) is 0 Å². The number of aromatic nitrogens is 1. The lowest BCUT2D eigenvalue weighted by Crippen LogP contribution is -2.41. The van der Waals surface area contributed by atoms with Crippen LogP contribution in [0.1, 0.15) is 27.7 Å². The van der Waals surface area contributed by atoms with Crippen molar-refractivity contribution >= 4 is 7.69 Å². The minimum Gasteiger partial charge on any atom is -0.620 e. The van der Waals surface area contributed by atoms with Crippen molar-refractivity contribution in [3.8, 4) is 0 Å². The van der Waals surface area contributed by atoms with Gasteiger partial charge < -0.3 is 9.31 Å². The topological polar surface area (TPSA) is 31.4 Å². The zero-order valence-electron chi connectivity index (χ0n) is 9.73. The zero-order valence-corrected chi connectivity index (χ0v) is 9.73. The molecule has 1 saturated heterocycles. The van der Waals surface area contributed by atoms with Crippen LogP contribution in [0.2, 0.25) is 0 Å². The van der Waals surface area contributed by atoms with Crippen molar-refractivity contribution in [2.75, 3.05) is 0 Å². The van der Waals surface area contributed by atoms with Gasteiger partial charge in [0.05, 0.1) is 0 Å². The second-order valence-electron chi connectivity index (χ2n) is 4.38. The summed E-state index contributed by atoms with van der Waals surface area (Å²) in [5.41, 5.74) is -0.375. The molecule has 2 radical (unpaired) electrons. The van der Waals surface area contributed by atoms with Gasteiger partial charge in [-0.15, -0.1) is 0 Å². The summed E-state index contributed by atoms with van der Waals surface area (Å²) in [5, 5.41) is 0. The minimum absolute atomic E-state index is 0.187. The number of hydrogen-bond acceptors (Lipinski definition) is 3. The van der Waals surface area contributed by atoms with Gasteiger partial charge in [-0.3, -0.25) is 4.98 Å². The molecule has 1 aromatic rings. The molecule has 0 unspecified atom stereocenters. The van der Waals surface area contributed by atoms with Gasteiger partial charge in [-0.05, 0) is 47.5 Å². The smallest absolute Gasteiger partial charge is 0.0400 e. The Labute approximate surface area is 92.1 Å². The van der Waals surface area contributed by atoms with Gasteiger partial charge in [0.2, 0.25) is 0 Å². The maximum Gasteiger partial charge on any atom is 0.0400 e. The Morgan fingerprint density at radius 3 is 1.47 bits per heavy atom. The second-order valence-corrected chi connectivity index (χ2v) is 4.38. The molecule has 0 aliphatic carbocycles. The van der Waals surface area contributed by atoms with Crippen molar-refractivity contribution < 1.29 is 9.31 Å². The van der Waals surface area contributed by atoms with E-state index in [-0.39, 0.29) is 11.2 Å². The van der Waals surface area contributed by atoms with Crippen molar-refractivity contribution in [2.45, 2.75) is 38.9 Å². The first-order chi connectivity index (χ1) is 6.96. The molecule has 4 heteroatoms. The van der Waals surface area contributed by atoms with Crippen molar-refractivity contribution in [1.29, 1.82) is 0 Å². The van der Waals surface area contributed by atoms with Crippen molar-refractivity contribution in [3.63, 3.8) is 0 Å². The van der Waals surface area contributed by atoms with Gasteiger partial charge in [-0.25, -0.2) is 0 Å². The summed E-state index contributed by atoms with van der Waals surface area (Å²) < 4.78 is 10.4. The summed E-state index contributed by atoms with van der Waals surface area (Å²) in [7, 11) is 1.42. The third-order valence-electron chi connectivity index (χ3n) is 2.70. The molecule has 1 fully saturated rings. The maximum absolute atomic E-state index is 5.21. The molecule has 0 saturated carbocycles. The van der Waals surface area contributed by atoms with E-state index in [0.717, 1.165) is 0 Å². The first-order valence-electron chi connectivity index (χ1n) is 4.98. The summed E-state index contributed by atoms with van der Waals surface area (Å²) in [6.07, 6.45) is 3.50. The average Bonchev–Trinajstić information content (AvgIpc) is 2.43. The molecule has 1 aliphatic rings. The van der Waals surface area contributed by atoms with Crippen LogP contribution in [0, 0.1) is 0 Å². The lowest BCUT2D eigenvalue weighted by molar-refractivity contribution is 0.00578. The molecular formula is C11H17BNO2-. The Kier molecular flexibility index (Phi) is 3.88. The monoisotopic (exact) mass is 206 g/mol. The predicted molar refractivity (Wildman–Crippen MR) is 60.3 cm³/mol. The molecule has 2 rings (SSSR count). The lowest BCUT2D eigenvalue weighted by atomic mass is 9.90. The fraction of sp³-hybridized carbons (Fsp3) is 0.545. The normalized spacial score (nSPS) is 21.6. The zero-order chi connectivity index (χ0) is 11.4. The van der Waals surface area contributed by atoms with Crippen LogP contribution in [0.3, 0.4) is 0 Å². The van der Waals surface area contributed by atoms with E-state index in [4.69, 9.17) is 9.31 Å². The highest BCUT2D eigenvalue weighted by Crippen LogP contribution is 2.33. The second kappa shape index (κ2) is 4.77. The third-order valence-corrected chi connectivity index (χ3v) is 2.70. The van der Waals surface area contributed by atoms with Crippen LogP contribution in [0.25, 0.3) is 0 Å². The summed E-state index contributed by atoms with van der Waals surface area (Å²) >= 11 is 0. The van der Waals surface area contributed by atoms with Gasteiger partial charge in [0, 0.05) is 23.6 Å². The molecule has 1 aromatic heterocycles.